The van der Waals surface area contributed by atoms with Gasteiger partial charge in [-0.2, -0.15) is 0 Å². The minimum absolute atomic E-state index is 0.305. The van der Waals surface area contributed by atoms with Crippen LogP contribution in [0, 0.1) is 0 Å². The second-order valence-corrected chi connectivity index (χ2v) is 4.21. The van der Waals surface area contributed by atoms with E-state index in [1.165, 1.54) is 0 Å². The molecule has 0 atom stereocenters. The number of hydrogen-bond acceptors (Lipinski definition) is 4. The van der Waals surface area contributed by atoms with E-state index in [0.717, 1.165) is 24.6 Å². The van der Waals surface area contributed by atoms with Crippen molar-refractivity contribution in [2.45, 2.75) is 13.1 Å². The Morgan fingerprint density at radius 2 is 2.00 bits per heavy atom. The van der Waals surface area contributed by atoms with Crippen LogP contribution in [0.4, 0.5) is 5.69 Å². The van der Waals surface area contributed by atoms with Gasteiger partial charge in [0.25, 0.3) is 0 Å². The van der Waals surface area contributed by atoms with Gasteiger partial charge in [-0.1, -0.05) is 0 Å². The number of fused-ring (bicyclic) bond motifs is 1. The van der Waals surface area contributed by atoms with Crippen LogP contribution in [0.3, 0.4) is 0 Å². The third kappa shape index (κ3) is 1.81. The van der Waals surface area contributed by atoms with Crippen molar-refractivity contribution in [2.24, 2.45) is 0 Å². The third-order valence-electron chi connectivity index (χ3n) is 3.12. The Bertz CT molecular complexity index is 576. The Morgan fingerprint density at radius 3 is 2.72 bits per heavy atom. The van der Waals surface area contributed by atoms with Crippen LogP contribution >= 0.6 is 0 Å². The highest BCUT2D eigenvalue weighted by molar-refractivity contribution is 5.88. The quantitative estimate of drug-likeness (QED) is 0.853. The second-order valence-electron chi connectivity index (χ2n) is 4.21. The van der Waals surface area contributed by atoms with E-state index < -0.39 is 5.97 Å². The molecule has 1 aromatic carbocycles. The monoisotopic (exact) mass is 244 g/mol. The van der Waals surface area contributed by atoms with Crippen LogP contribution in [-0.4, -0.2) is 32.4 Å². The lowest BCUT2D eigenvalue weighted by atomic mass is 10.2. The molecule has 18 heavy (non-hydrogen) atoms. The van der Waals surface area contributed by atoms with Crippen LogP contribution < -0.4 is 4.90 Å². The first-order chi connectivity index (χ1) is 8.74. The van der Waals surface area contributed by atoms with Gasteiger partial charge in [0, 0.05) is 18.8 Å². The molecular formula is C12H12N4O2. The van der Waals surface area contributed by atoms with Crippen molar-refractivity contribution < 1.29 is 9.90 Å². The summed E-state index contributed by atoms with van der Waals surface area (Å²) in [7, 11) is 0. The zero-order chi connectivity index (χ0) is 12.5. The molecule has 0 aliphatic carbocycles. The number of rotatable bonds is 2. The summed E-state index contributed by atoms with van der Waals surface area (Å²) < 4.78 is 2.03. The molecule has 0 bridgehead atoms. The molecule has 0 spiro atoms. The summed E-state index contributed by atoms with van der Waals surface area (Å²) >= 11 is 0. The van der Waals surface area contributed by atoms with Gasteiger partial charge in [-0.05, 0) is 24.3 Å². The number of aromatic carboxylic acids is 1. The minimum atomic E-state index is -0.903. The summed E-state index contributed by atoms with van der Waals surface area (Å²) in [6.07, 6.45) is 1.74. The van der Waals surface area contributed by atoms with Crippen molar-refractivity contribution in [3.05, 3.63) is 42.0 Å². The van der Waals surface area contributed by atoms with Crippen LogP contribution in [0.5, 0.6) is 0 Å². The number of benzene rings is 1. The van der Waals surface area contributed by atoms with Crippen LogP contribution in [0.1, 0.15) is 16.2 Å². The summed E-state index contributed by atoms with van der Waals surface area (Å²) in [6, 6.07) is 6.90. The number of nitrogens with zero attached hydrogens (tertiary/aromatic N) is 4. The largest absolute Gasteiger partial charge is 0.478 e. The summed E-state index contributed by atoms with van der Waals surface area (Å²) in [5.41, 5.74) is 1.31. The Hall–Kier alpha value is -2.37. The van der Waals surface area contributed by atoms with E-state index >= 15 is 0 Å². The smallest absolute Gasteiger partial charge is 0.335 e. The maximum Gasteiger partial charge on any atom is 0.335 e. The SMILES string of the molecule is O=C(O)c1ccc(N2CCn3cnnc3C2)cc1. The van der Waals surface area contributed by atoms with E-state index in [9.17, 15) is 4.79 Å². The van der Waals surface area contributed by atoms with Crippen LogP contribution in [0.15, 0.2) is 30.6 Å². The average molecular weight is 244 g/mol. The van der Waals surface area contributed by atoms with E-state index in [1.807, 2.05) is 16.7 Å². The highest BCUT2D eigenvalue weighted by Gasteiger charge is 2.17. The maximum atomic E-state index is 10.8. The molecule has 6 nitrogen and oxygen atoms in total. The summed E-state index contributed by atoms with van der Waals surface area (Å²) in [4.78, 5) is 12.9. The lowest BCUT2D eigenvalue weighted by Gasteiger charge is -2.29. The Balaban J connectivity index is 1.82. The van der Waals surface area contributed by atoms with Gasteiger partial charge >= 0.3 is 5.97 Å². The predicted octanol–water partition coefficient (Wildman–Crippen LogP) is 0.996. The lowest BCUT2D eigenvalue weighted by Crippen LogP contribution is -2.33. The molecule has 2 heterocycles. The van der Waals surface area contributed by atoms with Gasteiger partial charge in [-0.15, -0.1) is 10.2 Å². The molecule has 0 saturated heterocycles. The highest BCUT2D eigenvalue weighted by atomic mass is 16.4. The number of carbonyl (C=O) groups is 1. The van der Waals surface area contributed by atoms with Crippen molar-refractivity contribution in [1.29, 1.82) is 0 Å². The molecule has 3 rings (SSSR count). The fourth-order valence-corrected chi connectivity index (χ4v) is 2.10. The number of carboxylic acid groups (broad SMARTS) is 1. The van der Waals surface area contributed by atoms with Crippen molar-refractivity contribution in [1.82, 2.24) is 14.8 Å². The molecule has 1 aromatic heterocycles. The summed E-state index contributed by atoms with van der Waals surface area (Å²) in [5, 5.41) is 16.8. The molecule has 0 saturated carbocycles. The normalized spacial score (nSPS) is 14.3. The number of aromatic nitrogens is 3. The third-order valence-corrected chi connectivity index (χ3v) is 3.12. The van der Waals surface area contributed by atoms with Crippen LogP contribution in [0.25, 0.3) is 0 Å². The molecule has 6 heteroatoms. The summed E-state index contributed by atoms with van der Waals surface area (Å²) in [5.74, 6) is 0.0310. The molecule has 1 aliphatic heterocycles. The van der Waals surface area contributed by atoms with E-state index in [1.54, 1.807) is 18.5 Å². The Labute approximate surface area is 103 Å². The lowest BCUT2D eigenvalue weighted by molar-refractivity contribution is 0.0697. The molecule has 2 aromatic rings. The predicted molar refractivity (Wildman–Crippen MR) is 64.5 cm³/mol. The van der Waals surface area contributed by atoms with E-state index in [4.69, 9.17) is 5.11 Å². The standard InChI is InChI=1S/C12H12N4O2/c17-12(18)9-1-3-10(4-2-9)15-5-6-16-8-13-14-11(16)7-15/h1-4,8H,5-7H2,(H,17,18). The van der Waals surface area contributed by atoms with Gasteiger partial charge in [0.15, 0.2) is 5.82 Å². The highest BCUT2D eigenvalue weighted by Crippen LogP contribution is 2.20. The number of anilines is 1. The Morgan fingerprint density at radius 1 is 1.22 bits per heavy atom. The zero-order valence-electron chi connectivity index (χ0n) is 9.65. The van der Waals surface area contributed by atoms with Gasteiger partial charge in [0.1, 0.15) is 6.33 Å². The van der Waals surface area contributed by atoms with Crippen molar-refractivity contribution >= 4 is 11.7 Å². The van der Waals surface area contributed by atoms with Crippen molar-refractivity contribution in [3.63, 3.8) is 0 Å². The molecule has 1 aliphatic rings. The van der Waals surface area contributed by atoms with Gasteiger partial charge in [0.2, 0.25) is 0 Å². The first-order valence-corrected chi connectivity index (χ1v) is 5.69. The van der Waals surface area contributed by atoms with E-state index in [2.05, 4.69) is 15.1 Å². The maximum absolute atomic E-state index is 10.8. The first-order valence-electron chi connectivity index (χ1n) is 5.69. The van der Waals surface area contributed by atoms with Crippen molar-refractivity contribution in [2.75, 3.05) is 11.4 Å². The Kier molecular flexibility index (Phi) is 2.47. The fraction of sp³-hybridized carbons (Fsp3) is 0.250. The van der Waals surface area contributed by atoms with Crippen LogP contribution in [0.2, 0.25) is 0 Å². The van der Waals surface area contributed by atoms with Crippen molar-refractivity contribution in [3.8, 4) is 0 Å². The van der Waals surface area contributed by atoms with Crippen LogP contribution in [-0.2, 0) is 13.1 Å². The molecular weight excluding hydrogens is 232 g/mol. The van der Waals surface area contributed by atoms with Gasteiger partial charge < -0.3 is 14.6 Å². The average Bonchev–Trinajstić information content (AvgIpc) is 2.86. The van der Waals surface area contributed by atoms with Gasteiger partial charge in [-0.3, -0.25) is 0 Å². The first kappa shape index (κ1) is 10.8. The molecule has 1 N–H and O–H groups in total. The molecule has 0 fully saturated rings. The molecule has 92 valence electrons. The van der Waals surface area contributed by atoms with Gasteiger partial charge in [0.05, 0.1) is 12.1 Å². The molecule has 0 amide bonds. The number of carboxylic acids is 1. The molecule has 0 unspecified atom stereocenters. The molecule has 0 radical (unpaired) electrons. The zero-order valence-corrected chi connectivity index (χ0v) is 9.65. The van der Waals surface area contributed by atoms with E-state index in [-0.39, 0.29) is 0 Å². The number of hydrogen-bond donors (Lipinski definition) is 1. The fourth-order valence-electron chi connectivity index (χ4n) is 2.10. The van der Waals surface area contributed by atoms with Gasteiger partial charge in [-0.25, -0.2) is 4.79 Å². The topological polar surface area (TPSA) is 71.2 Å². The summed E-state index contributed by atoms with van der Waals surface area (Å²) in [6.45, 7) is 2.42. The second kappa shape index (κ2) is 4.14. The van der Waals surface area contributed by atoms with E-state index in [0.29, 0.717) is 12.1 Å². The minimum Gasteiger partial charge on any atom is -0.478 e.